The Balaban J connectivity index is 1.17. The number of hydrogen-bond acceptors (Lipinski definition) is 6. The predicted molar refractivity (Wildman–Crippen MR) is 128 cm³/mol. The van der Waals surface area contributed by atoms with E-state index in [4.69, 9.17) is 21.1 Å². The Bertz CT molecular complexity index is 932. The zero-order valence-corrected chi connectivity index (χ0v) is 19.8. The van der Waals surface area contributed by atoms with Gasteiger partial charge in [0.1, 0.15) is 11.6 Å². The van der Waals surface area contributed by atoms with E-state index in [1.165, 1.54) is 0 Å². The molecule has 3 heterocycles. The molecule has 1 aromatic carbocycles. The molecule has 1 amide bonds. The van der Waals surface area contributed by atoms with Crippen molar-refractivity contribution in [1.82, 2.24) is 10.3 Å². The number of benzene rings is 1. The number of anilines is 1. The van der Waals surface area contributed by atoms with E-state index >= 15 is 0 Å². The van der Waals surface area contributed by atoms with Crippen molar-refractivity contribution >= 4 is 23.3 Å². The third-order valence-electron chi connectivity index (χ3n) is 6.49. The fourth-order valence-corrected chi connectivity index (χ4v) is 4.59. The smallest absolute Gasteiger partial charge is 0.251 e. The highest BCUT2D eigenvalue weighted by molar-refractivity contribution is 6.30. The molecule has 0 saturated carbocycles. The lowest BCUT2D eigenvalue weighted by molar-refractivity contribution is 0.0885. The second kappa shape index (κ2) is 11.2. The first kappa shape index (κ1) is 23.8. The zero-order chi connectivity index (χ0) is 23.2. The van der Waals surface area contributed by atoms with Crippen LogP contribution in [0.15, 0.2) is 36.5 Å². The van der Waals surface area contributed by atoms with Crippen LogP contribution in [-0.4, -0.2) is 61.1 Å². The molecule has 2 atom stereocenters. The largest absolute Gasteiger partial charge is 0.494 e. The maximum absolute atomic E-state index is 12.5. The molecular weight excluding hydrogens is 442 g/mol. The number of aliphatic hydroxyl groups excluding tert-OH is 1. The summed E-state index contributed by atoms with van der Waals surface area (Å²) in [5.74, 6) is 2.28. The number of amides is 1. The van der Waals surface area contributed by atoms with E-state index in [9.17, 15) is 9.90 Å². The molecule has 1 aromatic heterocycles. The van der Waals surface area contributed by atoms with Crippen LogP contribution in [0.1, 0.15) is 41.6 Å². The number of hydrogen-bond donors (Lipinski definition) is 2. The standard InChI is InChI=1S/C25H32ClN3O4/c1-17-13-20(5-6-21(17)25(31)28-22-15-32-16-23(22)30)33-12-2-3-18-8-10-29(11-9-18)24-7-4-19(26)14-27-24/h4-7,13-14,18,22-23,30H,2-3,8-12,15-16H2,1H3,(H,28,31). The number of ether oxygens (including phenoxy) is 2. The molecule has 33 heavy (non-hydrogen) atoms. The van der Waals surface area contributed by atoms with Crippen LogP contribution in [0.4, 0.5) is 5.82 Å². The Morgan fingerprint density at radius 3 is 2.76 bits per heavy atom. The third-order valence-corrected chi connectivity index (χ3v) is 6.71. The molecule has 2 aromatic rings. The number of carbonyl (C=O) groups is 1. The number of aliphatic hydroxyl groups is 1. The van der Waals surface area contributed by atoms with E-state index in [1.807, 2.05) is 31.2 Å². The molecule has 0 radical (unpaired) electrons. The number of aromatic nitrogens is 1. The summed E-state index contributed by atoms with van der Waals surface area (Å²) in [6, 6.07) is 9.03. The molecular formula is C25H32ClN3O4. The molecule has 0 spiro atoms. The van der Waals surface area contributed by atoms with Gasteiger partial charge >= 0.3 is 0 Å². The van der Waals surface area contributed by atoms with E-state index in [2.05, 4.69) is 15.2 Å². The van der Waals surface area contributed by atoms with Gasteiger partial charge in [0.2, 0.25) is 0 Å². The van der Waals surface area contributed by atoms with Gasteiger partial charge in [-0.3, -0.25) is 4.79 Å². The second-order valence-electron chi connectivity index (χ2n) is 8.92. The number of nitrogens with one attached hydrogen (secondary N) is 1. The second-order valence-corrected chi connectivity index (χ2v) is 9.35. The molecule has 2 aliphatic rings. The van der Waals surface area contributed by atoms with Gasteiger partial charge in [0, 0.05) is 24.8 Å². The summed E-state index contributed by atoms with van der Waals surface area (Å²) in [7, 11) is 0. The summed E-state index contributed by atoms with van der Waals surface area (Å²) < 4.78 is 11.1. The van der Waals surface area contributed by atoms with E-state index in [1.54, 1.807) is 12.3 Å². The predicted octanol–water partition coefficient (Wildman–Crippen LogP) is 3.61. The number of carbonyl (C=O) groups excluding carboxylic acids is 1. The van der Waals surface area contributed by atoms with Crippen LogP contribution in [0.5, 0.6) is 5.75 Å². The normalized spacial score (nSPS) is 21.2. The first-order chi connectivity index (χ1) is 16.0. The lowest BCUT2D eigenvalue weighted by Crippen LogP contribution is -2.42. The summed E-state index contributed by atoms with van der Waals surface area (Å²) in [4.78, 5) is 19.3. The molecule has 2 N–H and O–H groups in total. The Kier molecular flexibility index (Phi) is 8.06. The van der Waals surface area contributed by atoms with Gasteiger partial charge in [-0.15, -0.1) is 0 Å². The summed E-state index contributed by atoms with van der Waals surface area (Å²) in [6.45, 7) is 5.20. The minimum Gasteiger partial charge on any atom is -0.494 e. The van der Waals surface area contributed by atoms with E-state index in [0.29, 0.717) is 29.7 Å². The molecule has 2 unspecified atom stereocenters. The maximum Gasteiger partial charge on any atom is 0.251 e. The number of aryl methyl sites for hydroxylation is 1. The van der Waals surface area contributed by atoms with Crippen LogP contribution >= 0.6 is 11.6 Å². The highest BCUT2D eigenvalue weighted by atomic mass is 35.5. The molecule has 0 bridgehead atoms. The van der Waals surface area contributed by atoms with Gasteiger partial charge < -0.3 is 24.8 Å². The molecule has 4 rings (SSSR count). The number of pyridine rings is 1. The van der Waals surface area contributed by atoms with Crippen molar-refractivity contribution in [2.75, 3.05) is 37.8 Å². The Hall–Kier alpha value is -2.35. The highest BCUT2D eigenvalue weighted by Gasteiger charge is 2.28. The van der Waals surface area contributed by atoms with Crippen molar-refractivity contribution in [2.45, 2.75) is 44.8 Å². The summed E-state index contributed by atoms with van der Waals surface area (Å²) in [6.07, 6.45) is 5.52. The molecule has 0 aliphatic carbocycles. The summed E-state index contributed by atoms with van der Waals surface area (Å²) in [5, 5.41) is 13.3. The highest BCUT2D eigenvalue weighted by Crippen LogP contribution is 2.26. The first-order valence-corrected chi connectivity index (χ1v) is 12.0. The monoisotopic (exact) mass is 473 g/mol. The van der Waals surface area contributed by atoms with Gasteiger partial charge in [0.15, 0.2) is 0 Å². The molecule has 2 saturated heterocycles. The molecule has 2 fully saturated rings. The van der Waals surface area contributed by atoms with Gasteiger partial charge in [-0.25, -0.2) is 4.98 Å². The fraction of sp³-hybridized carbons (Fsp3) is 0.520. The zero-order valence-electron chi connectivity index (χ0n) is 19.0. The number of halogens is 1. The summed E-state index contributed by atoms with van der Waals surface area (Å²) >= 11 is 5.93. The minimum absolute atomic E-state index is 0.200. The Labute approximate surface area is 200 Å². The van der Waals surface area contributed by atoms with Crippen molar-refractivity contribution in [3.05, 3.63) is 52.7 Å². The van der Waals surface area contributed by atoms with Gasteiger partial charge in [-0.1, -0.05) is 11.6 Å². The van der Waals surface area contributed by atoms with Crippen LogP contribution in [-0.2, 0) is 4.74 Å². The third kappa shape index (κ3) is 6.37. The number of piperidine rings is 1. The Morgan fingerprint density at radius 1 is 1.27 bits per heavy atom. The van der Waals surface area contributed by atoms with Crippen molar-refractivity contribution in [1.29, 1.82) is 0 Å². The molecule has 8 heteroatoms. The summed E-state index contributed by atoms with van der Waals surface area (Å²) in [5.41, 5.74) is 1.44. The SMILES string of the molecule is Cc1cc(OCCCC2CCN(c3ccc(Cl)cn3)CC2)ccc1C(=O)NC1COCC1O. The van der Waals surface area contributed by atoms with Crippen molar-refractivity contribution in [3.63, 3.8) is 0 Å². The molecule has 178 valence electrons. The van der Waals surface area contributed by atoms with Crippen molar-refractivity contribution < 1.29 is 19.4 Å². The lowest BCUT2D eigenvalue weighted by Gasteiger charge is -2.32. The lowest BCUT2D eigenvalue weighted by atomic mass is 9.92. The average Bonchev–Trinajstić information content (AvgIpc) is 3.22. The van der Waals surface area contributed by atoms with Crippen LogP contribution in [0.3, 0.4) is 0 Å². The fourth-order valence-electron chi connectivity index (χ4n) is 4.48. The number of nitrogens with zero attached hydrogens (tertiary/aromatic N) is 2. The molecule has 7 nitrogen and oxygen atoms in total. The quantitative estimate of drug-likeness (QED) is 0.570. The van der Waals surface area contributed by atoms with Gasteiger partial charge in [0.05, 0.1) is 37.0 Å². The van der Waals surface area contributed by atoms with Crippen molar-refractivity contribution in [2.24, 2.45) is 5.92 Å². The first-order valence-electron chi connectivity index (χ1n) is 11.7. The number of rotatable bonds is 8. The van der Waals surface area contributed by atoms with Crippen LogP contribution in [0, 0.1) is 12.8 Å². The molecule has 2 aliphatic heterocycles. The topological polar surface area (TPSA) is 83.9 Å². The van der Waals surface area contributed by atoms with E-state index < -0.39 is 6.10 Å². The maximum atomic E-state index is 12.5. The van der Waals surface area contributed by atoms with Crippen LogP contribution in [0.25, 0.3) is 0 Å². The van der Waals surface area contributed by atoms with E-state index in [-0.39, 0.29) is 18.6 Å². The van der Waals surface area contributed by atoms with Gasteiger partial charge in [0.25, 0.3) is 5.91 Å². The Morgan fingerprint density at radius 2 is 2.09 bits per heavy atom. The van der Waals surface area contributed by atoms with Gasteiger partial charge in [-0.05, 0) is 74.4 Å². The van der Waals surface area contributed by atoms with Crippen molar-refractivity contribution in [3.8, 4) is 5.75 Å². The van der Waals surface area contributed by atoms with E-state index in [0.717, 1.165) is 55.9 Å². The van der Waals surface area contributed by atoms with Crippen LogP contribution in [0.2, 0.25) is 5.02 Å². The van der Waals surface area contributed by atoms with Crippen LogP contribution < -0.4 is 15.0 Å². The van der Waals surface area contributed by atoms with Gasteiger partial charge in [-0.2, -0.15) is 0 Å². The minimum atomic E-state index is -0.654. The average molecular weight is 474 g/mol.